The first-order valence-corrected chi connectivity index (χ1v) is 7.74. The second-order valence-corrected chi connectivity index (χ2v) is 5.98. The van der Waals surface area contributed by atoms with E-state index in [1.807, 2.05) is 24.3 Å². The lowest BCUT2D eigenvalue weighted by Gasteiger charge is -2.03. The molecule has 4 aromatic carbocycles. The molecule has 0 N–H and O–H groups in total. The molecule has 0 spiro atoms. The fourth-order valence-electron chi connectivity index (χ4n) is 3.59. The maximum atomic E-state index is 13.8. The van der Waals surface area contributed by atoms with Gasteiger partial charge in [-0.1, -0.05) is 48.5 Å². The molecule has 0 radical (unpaired) electrons. The van der Waals surface area contributed by atoms with E-state index in [2.05, 4.69) is 48.5 Å². The van der Waals surface area contributed by atoms with E-state index < -0.39 is 6.80 Å². The first-order valence-electron chi connectivity index (χ1n) is 7.74. The van der Waals surface area contributed by atoms with Crippen LogP contribution in [0.15, 0.2) is 72.8 Å². The standard InChI is InChI=1S/C21H14FN/c22-13-23-20-11-16-7-3-1-5-14(16)9-18(20)19-10-15-6-2-4-8-17(15)12-21(19)23/h1-12H,13H2. The zero-order valence-electron chi connectivity index (χ0n) is 12.5. The summed E-state index contributed by atoms with van der Waals surface area (Å²) in [5, 5.41) is 6.88. The molecule has 1 nitrogen and oxygen atoms in total. The summed E-state index contributed by atoms with van der Waals surface area (Å²) in [4.78, 5) is 0. The average molecular weight is 299 g/mol. The van der Waals surface area contributed by atoms with Crippen molar-refractivity contribution in [3.8, 4) is 0 Å². The second kappa shape index (κ2) is 4.56. The van der Waals surface area contributed by atoms with Crippen LogP contribution in [0.3, 0.4) is 0 Å². The molecule has 0 unspecified atom stereocenters. The number of fused-ring (bicyclic) bond motifs is 5. The Morgan fingerprint density at radius 2 is 1.00 bits per heavy atom. The van der Waals surface area contributed by atoms with Crippen LogP contribution in [0.1, 0.15) is 0 Å². The van der Waals surface area contributed by atoms with E-state index in [9.17, 15) is 4.39 Å². The molecule has 110 valence electrons. The summed E-state index contributed by atoms with van der Waals surface area (Å²) in [7, 11) is 0. The van der Waals surface area contributed by atoms with E-state index in [-0.39, 0.29) is 0 Å². The zero-order valence-corrected chi connectivity index (χ0v) is 12.5. The third-order valence-corrected chi connectivity index (χ3v) is 4.72. The molecule has 0 aliphatic carbocycles. The van der Waals surface area contributed by atoms with E-state index in [0.29, 0.717) is 0 Å². The fourth-order valence-corrected chi connectivity index (χ4v) is 3.59. The summed E-state index contributed by atoms with van der Waals surface area (Å²) < 4.78 is 15.5. The van der Waals surface area contributed by atoms with Gasteiger partial charge in [0.15, 0.2) is 6.80 Å². The molecule has 1 aromatic heterocycles. The van der Waals surface area contributed by atoms with Gasteiger partial charge in [-0.2, -0.15) is 0 Å². The predicted molar refractivity (Wildman–Crippen MR) is 95.6 cm³/mol. The molecule has 1 heterocycles. The van der Waals surface area contributed by atoms with Crippen molar-refractivity contribution in [2.45, 2.75) is 6.80 Å². The van der Waals surface area contributed by atoms with Crippen molar-refractivity contribution in [1.29, 1.82) is 0 Å². The molecule has 0 saturated carbocycles. The third kappa shape index (κ3) is 1.72. The number of rotatable bonds is 1. The van der Waals surface area contributed by atoms with Crippen molar-refractivity contribution in [2.75, 3.05) is 0 Å². The largest absolute Gasteiger partial charge is 0.312 e. The van der Waals surface area contributed by atoms with Gasteiger partial charge >= 0.3 is 0 Å². The highest BCUT2D eigenvalue weighted by Crippen LogP contribution is 2.34. The molecule has 5 aromatic rings. The predicted octanol–water partition coefficient (Wildman–Crippen LogP) is 6.03. The van der Waals surface area contributed by atoms with Gasteiger partial charge in [-0.25, -0.2) is 4.39 Å². The van der Waals surface area contributed by atoms with Crippen molar-refractivity contribution >= 4 is 43.4 Å². The van der Waals surface area contributed by atoms with Crippen LogP contribution in [0, 0.1) is 0 Å². The van der Waals surface area contributed by atoms with Crippen molar-refractivity contribution in [2.24, 2.45) is 0 Å². The smallest absolute Gasteiger partial charge is 0.166 e. The maximum Gasteiger partial charge on any atom is 0.166 e. The van der Waals surface area contributed by atoms with Crippen LogP contribution in [0.4, 0.5) is 4.39 Å². The van der Waals surface area contributed by atoms with E-state index in [4.69, 9.17) is 0 Å². The number of halogens is 1. The second-order valence-electron chi connectivity index (χ2n) is 5.98. The van der Waals surface area contributed by atoms with E-state index in [1.54, 1.807) is 4.57 Å². The summed E-state index contributed by atoms with van der Waals surface area (Å²) in [6.07, 6.45) is 0. The van der Waals surface area contributed by atoms with Crippen molar-refractivity contribution in [3.05, 3.63) is 72.8 Å². The number of nitrogens with zero attached hydrogens (tertiary/aromatic N) is 1. The maximum absolute atomic E-state index is 13.8. The Morgan fingerprint density at radius 1 is 0.609 bits per heavy atom. The van der Waals surface area contributed by atoms with Gasteiger partial charge < -0.3 is 4.57 Å². The third-order valence-electron chi connectivity index (χ3n) is 4.72. The van der Waals surface area contributed by atoms with Crippen molar-refractivity contribution in [3.63, 3.8) is 0 Å². The first-order chi connectivity index (χ1) is 11.3. The van der Waals surface area contributed by atoms with E-state index in [0.717, 1.165) is 32.6 Å². The number of hydrogen-bond acceptors (Lipinski definition) is 0. The molecule has 0 atom stereocenters. The van der Waals surface area contributed by atoms with Crippen LogP contribution in [-0.2, 0) is 6.80 Å². The minimum absolute atomic E-state index is 0.517. The number of alkyl halides is 1. The van der Waals surface area contributed by atoms with E-state index >= 15 is 0 Å². The minimum atomic E-state index is -0.517. The summed E-state index contributed by atoms with van der Waals surface area (Å²) in [6, 6.07) is 25.0. The molecule has 0 fully saturated rings. The lowest BCUT2D eigenvalue weighted by molar-refractivity contribution is 0.393. The van der Waals surface area contributed by atoms with E-state index in [1.165, 1.54) is 10.8 Å². The highest BCUT2D eigenvalue weighted by atomic mass is 19.1. The molecule has 0 bridgehead atoms. The highest BCUT2D eigenvalue weighted by Gasteiger charge is 2.12. The molecule has 5 rings (SSSR count). The zero-order chi connectivity index (χ0) is 15.4. The Kier molecular flexibility index (Phi) is 2.51. The van der Waals surface area contributed by atoms with Crippen LogP contribution in [0.25, 0.3) is 43.4 Å². The number of benzene rings is 4. The van der Waals surface area contributed by atoms with Gasteiger partial charge in [-0.05, 0) is 45.8 Å². The van der Waals surface area contributed by atoms with Gasteiger partial charge in [0, 0.05) is 10.8 Å². The van der Waals surface area contributed by atoms with Crippen LogP contribution < -0.4 is 0 Å². The number of aromatic nitrogens is 1. The normalized spacial score (nSPS) is 11.9. The minimum Gasteiger partial charge on any atom is -0.312 e. The Labute approximate surface area is 132 Å². The Balaban J connectivity index is 2.05. The average Bonchev–Trinajstić information content (AvgIpc) is 2.89. The topological polar surface area (TPSA) is 4.93 Å². The molecular weight excluding hydrogens is 285 g/mol. The van der Waals surface area contributed by atoms with Crippen LogP contribution >= 0.6 is 0 Å². The van der Waals surface area contributed by atoms with Crippen LogP contribution in [0.2, 0.25) is 0 Å². The molecule has 23 heavy (non-hydrogen) atoms. The van der Waals surface area contributed by atoms with Gasteiger partial charge in [-0.3, -0.25) is 0 Å². The molecule has 0 amide bonds. The monoisotopic (exact) mass is 299 g/mol. The summed E-state index contributed by atoms with van der Waals surface area (Å²) in [6.45, 7) is -0.517. The number of hydrogen-bond donors (Lipinski definition) is 0. The Bertz CT molecular complexity index is 1110. The SMILES string of the molecule is FCn1c2cc3ccccc3cc2c2cc3ccccc3cc21. The molecule has 2 heteroatoms. The van der Waals surface area contributed by atoms with Gasteiger partial charge in [0.05, 0.1) is 11.0 Å². The molecule has 0 saturated heterocycles. The van der Waals surface area contributed by atoms with Gasteiger partial charge in [-0.15, -0.1) is 0 Å². The highest BCUT2D eigenvalue weighted by molar-refractivity contribution is 6.15. The fraction of sp³-hybridized carbons (Fsp3) is 0.0476. The van der Waals surface area contributed by atoms with Crippen LogP contribution in [-0.4, -0.2) is 4.57 Å². The summed E-state index contributed by atoms with van der Waals surface area (Å²) >= 11 is 0. The van der Waals surface area contributed by atoms with Gasteiger partial charge in [0.1, 0.15) is 0 Å². The summed E-state index contributed by atoms with van der Waals surface area (Å²) in [5.74, 6) is 0. The van der Waals surface area contributed by atoms with Crippen molar-refractivity contribution in [1.82, 2.24) is 4.57 Å². The molecule has 0 aliphatic heterocycles. The first kappa shape index (κ1) is 12.7. The van der Waals surface area contributed by atoms with Crippen LogP contribution in [0.5, 0.6) is 0 Å². The molecule has 0 aliphatic rings. The quantitative estimate of drug-likeness (QED) is 0.356. The molecular formula is C21H14FN. The van der Waals surface area contributed by atoms with Crippen molar-refractivity contribution < 1.29 is 4.39 Å². The summed E-state index contributed by atoms with van der Waals surface area (Å²) in [5.41, 5.74) is 1.91. The lowest BCUT2D eigenvalue weighted by Crippen LogP contribution is -1.91. The van der Waals surface area contributed by atoms with Gasteiger partial charge in [0.25, 0.3) is 0 Å². The lowest BCUT2D eigenvalue weighted by atomic mass is 10.0. The van der Waals surface area contributed by atoms with Gasteiger partial charge in [0.2, 0.25) is 0 Å². The Morgan fingerprint density at radius 3 is 1.39 bits per heavy atom. The Hall–Kier alpha value is -2.87.